The second kappa shape index (κ2) is 10.8. The number of methoxy groups -OCH3 is 1. The zero-order valence-corrected chi connectivity index (χ0v) is 20.5. The number of hydrogen-bond donors (Lipinski definition) is 1. The number of nitrogens with one attached hydrogen (secondary N) is 1. The van der Waals surface area contributed by atoms with Gasteiger partial charge in [0.15, 0.2) is 5.69 Å². The van der Waals surface area contributed by atoms with Gasteiger partial charge >= 0.3 is 0 Å². The molecule has 0 radical (unpaired) electrons. The van der Waals surface area contributed by atoms with E-state index in [0.717, 1.165) is 36.0 Å². The fraction of sp³-hybridized carbons (Fsp3) is 0.481. The lowest BCUT2D eigenvalue weighted by atomic mass is 9.89. The number of piperidine rings is 1. The Balaban J connectivity index is 1.27. The van der Waals surface area contributed by atoms with Gasteiger partial charge in [-0.25, -0.2) is 0 Å². The molecule has 8 nitrogen and oxygen atoms in total. The van der Waals surface area contributed by atoms with E-state index in [-0.39, 0.29) is 24.0 Å². The van der Waals surface area contributed by atoms with E-state index in [2.05, 4.69) is 27.4 Å². The lowest BCUT2D eigenvalue weighted by Crippen LogP contribution is -2.60. The van der Waals surface area contributed by atoms with E-state index in [0.29, 0.717) is 38.7 Å². The Morgan fingerprint density at radius 1 is 1.11 bits per heavy atom. The Bertz CT molecular complexity index is 1130. The van der Waals surface area contributed by atoms with Crippen molar-refractivity contribution in [2.24, 2.45) is 0 Å². The topological polar surface area (TPSA) is 77.9 Å². The Morgan fingerprint density at radius 3 is 2.57 bits per heavy atom. The summed E-state index contributed by atoms with van der Waals surface area (Å²) in [7, 11) is 1.68. The van der Waals surface area contributed by atoms with Crippen molar-refractivity contribution in [1.82, 2.24) is 20.0 Å². The number of nitrogens with zero attached hydrogens (tertiary/aromatic N) is 3. The molecule has 1 amide bonds. The summed E-state index contributed by atoms with van der Waals surface area (Å²) >= 11 is 0. The molecule has 2 aliphatic rings. The average Bonchev–Trinajstić information content (AvgIpc) is 3.24. The van der Waals surface area contributed by atoms with Crippen molar-refractivity contribution >= 4 is 16.8 Å². The number of ether oxygens (including phenoxy) is 3. The monoisotopic (exact) mass is 478 g/mol. The number of aromatic nitrogens is 2. The number of fused-ring (bicyclic) bond motifs is 3. The van der Waals surface area contributed by atoms with Crippen molar-refractivity contribution in [3.8, 4) is 5.75 Å². The lowest BCUT2D eigenvalue weighted by molar-refractivity contribution is -0.0843. The van der Waals surface area contributed by atoms with Crippen molar-refractivity contribution in [3.05, 3.63) is 59.8 Å². The molecule has 2 unspecified atom stereocenters. The van der Waals surface area contributed by atoms with Gasteiger partial charge in [-0.15, -0.1) is 0 Å². The number of para-hydroxylation sites is 1. The van der Waals surface area contributed by atoms with E-state index in [9.17, 15) is 4.79 Å². The first-order chi connectivity index (χ1) is 17.2. The molecule has 5 rings (SSSR count). The fourth-order valence-electron chi connectivity index (χ4n) is 5.32. The minimum atomic E-state index is -0.107. The van der Waals surface area contributed by atoms with Crippen LogP contribution >= 0.6 is 0 Å². The molecule has 2 atom stereocenters. The summed E-state index contributed by atoms with van der Waals surface area (Å²) in [5, 5.41) is 8.83. The van der Waals surface area contributed by atoms with Crippen LogP contribution in [-0.4, -0.2) is 72.3 Å². The molecule has 186 valence electrons. The van der Waals surface area contributed by atoms with Crippen molar-refractivity contribution in [1.29, 1.82) is 0 Å². The van der Waals surface area contributed by atoms with E-state index in [4.69, 9.17) is 14.2 Å². The number of amides is 1. The minimum Gasteiger partial charge on any atom is -0.497 e. The minimum absolute atomic E-state index is 0.0980. The van der Waals surface area contributed by atoms with E-state index >= 15 is 0 Å². The third-order valence-electron chi connectivity index (χ3n) is 7.06. The number of benzene rings is 2. The molecule has 2 saturated heterocycles. The first-order valence-corrected chi connectivity index (χ1v) is 12.5. The second-order valence-electron chi connectivity index (χ2n) is 9.29. The largest absolute Gasteiger partial charge is 0.497 e. The zero-order chi connectivity index (χ0) is 24.2. The van der Waals surface area contributed by atoms with Crippen LogP contribution in [-0.2, 0) is 22.6 Å². The van der Waals surface area contributed by atoms with Crippen molar-refractivity contribution < 1.29 is 19.0 Å². The summed E-state index contributed by atoms with van der Waals surface area (Å²) in [4.78, 5) is 15.9. The van der Waals surface area contributed by atoms with Gasteiger partial charge in [0.25, 0.3) is 5.91 Å². The molecule has 3 heterocycles. The van der Waals surface area contributed by atoms with E-state index in [1.807, 2.05) is 48.0 Å². The van der Waals surface area contributed by atoms with Crippen LogP contribution in [0.2, 0.25) is 0 Å². The van der Waals surface area contributed by atoms with Gasteiger partial charge in [0.1, 0.15) is 5.75 Å². The molecular formula is C27H34N4O4. The number of morpholine rings is 1. The van der Waals surface area contributed by atoms with Gasteiger partial charge in [-0.1, -0.05) is 30.3 Å². The van der Waals surface area contributed by atoms with Gasteiger partial charge in [0.05, 0.1) is 39.0 Å². The maximum absolute atomic E-state index is 13.3. The van der Waals surface area contributed by atoms with Gasteiger partial charge in [0, 0.05) is 36.7 Å². The van der Waals surface area contributed by atoms with Crippen molar-refractivity contribution in [2.75, 3.05) is 33.5 Å². The quantitative estimate of drug-likeness (QED) is 0.476. The molecule has 2 bridgehead atoms. The molecule has 0 aliphatic carbocycles. The maximum Gasteiger partial charge on any atom is 0.272 e. The van der Waals surface area contributed by atoms with E-state index in [1.54, 1.807) is 7.11 Å². The van der Waals surface area contributed by atoms with Crippen LogP contribution in [0.4, 0.5) is 0 Å². The average molecular weight is 479 g/mol. The van der Waals surface area contributed by atoms with Crippen LogP contribution in [0.15, 0.2) is 48.5 Å². The molecule has 0 spiro atoms. The molecule has 3 aromatic rings. The number of carbonyl (C=O) groups is 1. The van der Waals surface area contributed by atoms with E-state index < -0.39 is 0 Å². The highest BCUT2D eigenvalue weighted by atomic mass is 16.5. The lowest BCUT2D eigenvalue weighted by Gasteiger charge is -2.48. The summed E-state index contributed by atoms with van der Waals surface area (Å²) in [5.74, 6) is 0.760. The van der Waals surface area contributed by atoms with Crippen molar-refractivity contribution in [3.63, 3.8) is 0 Å². The smallest absolute Gasteiger partial charge is 0.272 e. The predicted molar refractivity (Wildman–Crippen MR) is 134 cm³/mol. The van der Waals surface area contributed by atoms with Crippen LogP contribution in [0.25, 0.3) is 10.9 Å². The Kier molecular flexibility index (Phi) is 7.32. The highest BCUT2D eigenvalue weighted by Gasteiger charge is 2.39. The zero-order valence-electron chi connectivity index (χ0n) is 20.5. The first-order valence-electron chi connectivity index (χ1n) is 12.5. The molecule has 1 N–H and O–H groups in total. The summed E-state index contributed by atoms with van der Waals surface area (Å²) in [5.41, 5.74) is 2.70. The third kappa shape index (κ3) is 5.19. The highest BCUT2D eigenvalue weighted by molar-refractivity contribution is 6.05. The van der Waals surface area contributed by atoms with Crippen LogP contribution in [0.3, 0.4) is 0 Å². The van der Waals surface area contributed by atoms with Gasteiger partial charge in [-0.2, -0.15) is 5.10 Å². The third-order valence-corrected chi connectivity index (χ3v) is 7.06. The Morgan fingerprint density at radius 2 is 1.86 bits per heavy atom. The molecule has 35 heavy (non-hydrogen) atoms. The maximum atomic E-state index is 13.3. The number of carbonyl (C=O) groups excluding carboxylic acids is 1. The molecule has 0 saturated carbocycles. The Hall–Kier alpha value is -2.94. The SMILES string of the molecule is CCOCCn1nc(C(=O)NC2CC3COCC(C2)N3Cc2ccc(OC)cc2)c2ccccc21. The Labute approximate surface area is 206 Å². The number of rotatable bonds is 9. The van der Waals surface area contributed by atoms with Crippen LogP contribution < -0.4 is 10.1 Å². The molecule has 8 heteroatoms. The summed E-state index contributed by atoms with van der Waals surface area (Å²) in [6, 6.07) is 16.8. The molecule has 2 aliphatic heterocycles. The van der Waals surface area contributed by atoms with Crippen LogP contribution in [0, 0.1) is 0 Å². The molecule has 2 aromatic carbocycles. The summed E-state index contributed by atoms with van der Waals surface area (Å²) in [6.07, 6.45) is 1.72. The fourth-order valence-corrected chi connectivity index (χ4v) is 5.32. The van der Waals surface area contributed by atoms with Gasteiger partial charge < -0.3 is 19.5 Å². The summed E-state index contributed by atoms with van der Waals surface area (Å²) in [6.45, 7) is 6.07. The molecule has 1 aromatic heterocycles. The summed E-state index contributed by atoms with van der Waals surface area (Å²) < 4.78 is 18.5. The normalized spacial score (nSPS) is 22.3. The molecule has 2 fully saturated rings. The van der Waals surface area contributed by atoms with Gasteiger partial charge in [0.2, 0.25) is 0 Å². The second-order valence-corrected chi connectivity index (χ2v) is 9.29. The van der Waals surface area contributed by atoms with Gasteiger partial charge in [-0.3, -0.25) is 14.4 Å². The van der Waals surface area contributed by atoms with Crippen LogP contribution in [0.1, 0.15) is 35.8 Å². The predicted octanol–water partition coefficient (Wildman–Crippen LogP) is 3.24. The van der Waals surface area contributed by atoms with Crippen LogP contribution in [0.5, 0.6) is 5.75 Å². The van der Waals surface area contributed by atoms with E-state index in [1.165, 1.54) is 5.56 Å². The van der Waals surface area contributed by atoms with Crippen molar-refractivity contribution in [2.45, 2.75) is 51.0 Å². The highest BCUT2D eigenvalue weighted by Crippen LogP contribution is 2.30. The van der Waals surface area contributed by atoms with Gasteiger partial charge in [-0.05, 0) is 43.5 Å². The molecular weight excluding hydrogens is 444 g/mol. The standard InChI is InChI=1S/C27H34N4O4/c1-3-34-13-12-31-25-7-5-4-6-24(25)26(29-31)27(32)28-20-14-21-17-35-18-22(15-20)30(21)16-19-8-10-23(33-2)11-9-19/h4-11,20-22H,3,12-18H2,1-2H3,(H,28,32). The first kappa shape index (κ1) is 23.8. The number of hydrogen-bond acceptors (Lipinski definition) is 6.